The third-order valence-corrected chi connectivity index (χ3v) is 6.58. The summed E-state index contributed by atoms with van der Waals surface area (Å²) in [6, 6.07) is 18.3. The first kappa shape index (κ1) is 20.6. The molecule has 3 atom stereocenters. The van der Waals surface area contributed by atoms with E-state index in [1.165, 1.54) is 0 Å². The van der Waals surface area contributed by atoms with Crippen LogP contribution in [0.5, 0.6) is 0 Å². The molecule has 1 saturated carbocycles. The number of aliphatic imine (C=N–C) groups is 1. The van der Waals surface area contributed by atoms with Crippen molar-refractivity contribution in [2.45, 2.75) is 31.5 Å². The number of benzene rings is 2. The van der Waals surface area contributed by atoms with Gasteiger partial charge in [0, 0.05) is 52.8 Å². The number of nitrogens with one attached hydrogen (secondary N) is 3. The van der Waals surface area contributed by atoms with Crippen molar-refractivity contribution >= 4 is 34.3 Å². The van der Waals surface area contributed by atoms with Gasteiger partial charge < -0.3 is 15.6 Å². The third kappa shape index (κ3) is 4.17. The van der Waals surface area contributed by atoms with E-state index < -0.39 is 6.17 Å². The molecule has 2 aromatic carbocycles. The highest BCUT2D eigenvalue weighted by Crippen LogP contribution is 2.36. The fourth-order valence-corrected chi connectivity index (χ4v) is 4.81. The van der Waals surface area contributed by atoms with Crippen LogP contribution in [0.3, 0.4) is 0 Å². The summed E-state index contributed by atoms with van der Waals surface area (Å²) in [6.45, 7) is 0. The Kier molecular flexibility index (Phi) is 5.30. The first-order valence-electron chi connectivity index (χ1n) is 11.6. The molecule has 4 aromatic rings. The van der Waals surface area contributed by atoms with Crippen molar-refractivity contribution in [3.8, 4) is 11.4 Å². The van der Waals surface area contributed by atoms with Gasteiger partial charge in [0.25, 0.3) is 0 Å². The summed E-state index contributed by atoms with van der Waals surface area (Å²) in [4.78, 5) is 16.8. The van der Waals surface area contributed by atoms with Gasteiger partial charge in [-0.2, -0.15) is 0 Å². The van der Waals surface area contributed by atoms with Crippen molar-refractivity contribution in [2.24, 2.45) is 10.9 Å². The molecule has 34 heavy (non-hydrogen) atoms. The Labute approximate surface area is 197 Å². The topological polar surface area (TPSA) is 78.0 Å². The predicted molar refractivity (Wildman–Crippen MR) is 135 cm³/mol. The number of anilines is 3. The number of aromatic amines is 1. The molecule has 6 nitrogen and oxygen atoms in total. The zero-order valence-corrected chi connectivity index (χ0v) is 18.6. The second kappa shape index (κ2) is 8.74. The normalized spacial score (nSPS) is 21.7. The van der Waals surface area contributed by atoms with Gasteiger partial charge in [-0.25, -0.2) is 9.37 Å². The maximum absolute atomic E-state index is 14.0. The standard InChI is InChI=1S/C27H25FN6/c28-18-3-7-23-22(15-18)24(11-14-30-23)32-21-6-8-25-26(16-21)34-27(33-25)17-1-4-19(5-2-17)31-20-9-12-29-13-10-20/h1-2,4-6,8-14,16,18,22-23,32H,3,7,15H2,(H,29,31)(H,33,34). The SMILES string of the molecule is FC1CCC2N=CC=C(Nc3ccc4nc(-c5ccc(Nc6ccncc6)cc5)[nH]c4c3)C2C1. The summed E-state index contributed by atoms with van der Waals surface area (Å²) in [6.07, 6.45) is 8.55. The fraction of sp³-hybridized carbons (Fsp3) is 0.222. The molecule has 2 aliphatic rings. The molecule has 0 radical (unpaired) electrons. The molecule has 6 rings (SSSR count). The van der Waals surface area contributed by atoms with Gasteiger partial charge in [0.05, 0.1) is 17.1 Å². The van der Waals surface area contributed by atoms with Crippen LogP contribution in [0.25, 0.3) is 22.4 Å². The molecule has 3 heterocycles. The fourth-order valence-electron chi connectivity index (χ4n) is 4.81. The molecule has 0 amide bonds. The number of allylic oxidation sites excluding steroid dienone is 1. The molecule has 1 aliphatic carbocycles. The molecular weight excluding hydrogens is 427 g/mol. The number of nitrogens with zero attached hydrogens (tertiary/aromatic N) is 3. The average molecular weight is 453 g/mol. The molecule has 0 spiro atoms. The van der Waals surface area contributed by atoms with Crippen LogP contribution in [0, 0.1) is 5.92 Å². The Balaban J connectivity index is 1.20. The highest BCUT2D eigenvalue weighted by molar-refractivity contribution is 5.84. The van der Waals surface area contributed by atoms with Crippen LogP contribution in [0.4, 0.5) is 21.5 Å². The lowest BCUT2D eigenvalue weighted by atomic mass is 9.80. The van der Waals surface area contributed by atoms with Crippen LogP contribution in [0.2, 0.25) is 0 Å². The number of H-pyrrole nitrogens is 1. The lowest BCUT2D eigenvalue weighted by Gasteiger charge is -2.34. The first-order chi connectivity index (χ1) is 16.7. The van der Waals surface area contributed by atoms with Gasteiger partial charge in [0.2, 0.25) is 0 Å². The zero-order valence-electron chi connectivity index (χ0n) is 18.6. The number of hydrogen-bond donors (Lipinski definition) is 3. The molecule has 3 N–H and O–H groups in total. The predicted octanol–water partition coefficient (Wildman–Crippen LogP) is 6.26. The monoisotopic (exact) mass is 452 g/mol. The van der Waals surface area contributed by atoms with E-state index in [0.29, 0.717) is 12.8 Å². The van der Waals surface area contributed by atoms with Crippen LogP contribution < -0.4 is 10.6 Å². The van der Waals surface area contributed by atoms with Gasteiger partial charge in [-0.3, -0.25) is 9.98 Å². The number of hydrogen-bond acceptors (Lipinski definition) is 5. The van der Waals surface area contributed by atoms with Gasteiger partial charge in [-0.15, -0.1) is 0 Å². The number of pyridine rings is 1. The number of rotatable bonds is 5. The molecule has 170 valence electrons. The molecule has 0 saturated heterocycles. The van der Waals surface area contributed by atoms with Gasteiger partial charge >= 0.3 is 0 Å². The summed E-state index contributed by atoms with van der Waals surface area (Å²) in [5, 5.41) is 6.88. The van der Waals surface area contributed by atoms with E-state index in [1.54, 1.807) is 12.4 Å². The van der Waals surface area contributed by atoms with E-state index >= 15 is 0 Å². The Morgan fingerprint density at radius 2 is 1.68 bits per heavy atom. The lowest BCUT2D eigenvalue weighted by Crippen LogP contribution is -2.34. The van der Waals surface area contributed by atoms with E-state index in [-0.39, 0.29) is 12.0 Å². The van der Waals surface area contributed by atoms with E-state index in [9.17, 15) is 4.39 Å². The van der Waals surface area contributed by atoms with E-state index in [2.05, 4.69) is 31.7 Å². The molecule has 1 aliphatic heterocycles. The van der Waals surface area contributed by atoms with Crippen molar-refractivity contribution in [3.05, 3.63) is 78.8 Å². The summed E-state index contributed by atoms with van der Waals surface area (Å²) in [5.74, 6) is 0.931. The number of alkyl halides is 1. The van der Waals surface area contributed by atoms with Crippen LogP contribution >= 0.6 is 0 Å². The average Bonchev–Trinajstić information content (AvgIpc) is 3.29. The third-order valence-electron chi connectivity index (χ3n) is 6.58. The summed E-state index contributed by atoms with van der Waals surface area (Å²) in [7, 11) is 0. The lowest BCUT2D eigenvalue weighted by molar-refractivity contribution is 0.196. The van der Waals surface area contributed by atoms with Crippen molar-refractivity contribution in [1.29, 1.82) is 0 Å². The maximum Gasteiger partial charge on any atom is 0.138 e. The van der Waals surface area contributed by atoms with Crippen molar-refractivity contribution in [1.82, 2.24) is 15.0 Å². The van der Waals surface area contributed by atoms with Crippen molar-refractivity contribution in [2.75, 3.05) is 10.6 Å². The Morgan fingerprint density at radius 3 is 2.53 bits per heavy atom. The molecule has 2 aromatic heterocycles. The van der Waals surface area contributed by atoms with E-state index in [4.69, 9.17) is 4.98 Å². The summed E-state index contributed by atoms with van der Waals surface area (Å²) >= 11 is 0. The molecular formula is C27H25FN6. The first-order valence-corrected chi connectivity index (χ1v) is 11.6. The Morgan fingerprint density at radius 1 is 0.882 bits per heavy atom. The van der Waals surface area contributed by atoms with Crippen LogP contribution in [-0.4, -0.2) is 33.4 Å². The molecule has 3 unspecified atom stereocenters. The largest absolute Gasteiger partial charge is 0.358 e. The minimum absolute atomic E-state index is 0.112. The Hall–Kier alpha value is -4.00. The van der Waals surface area contributed by atoms with Crippen molar-refractivity contribution in [3.63, 3.8) is 0 Å². The second-order valence-corrected chi connectivity index (χ2v) is 8.88. The number of halogens is 1. The van der Waals surface area contributed by atoms with E-state index in [0.717, 1.165) is 51.6 Å². The van der Waals surface area contributed by atoms with Gasteiger partial charge in [0.1, 0.15) is 12.0 Å². The Bertz CT molecular complexity index is 1360. The summed E-state index contributed by atoms with van der Waals surface area (Å²) < 4.78 is 14.0. The molecule has 7 heteroatoms. The zero-order chi connectivity index (χ0) is 22.9. The number of dihydropyridines is 1. The van der Waals surface area contributed by atoms with Crippen LogP contribution in [-0.2, 0) is 0 Å². The smallest absolute Gasteiger partial charge is 0.138 e. The molecule has 0 bridgehead atoms. The number of fused-ring (bicyclic) bond motifs is 2. The van der Waals surface area contributed by atoms with E-state index in [1.807, 2.05) is 60.8 Å². The summed E-state index contributed by atoms with van der Waals surface area (Å²) in [5.41, 5.74) is 6.85. The highest BCUT2D eigenvalue weighted by Gasteiger charge is 2.34. The maximum atomic E-state index is 14.0. The van der Waals surface area contributed by atoms with Crippen LogP contribution in [0.1, 0.15) is 19.3 Å². The highest BCUT2D eigenvalue weighted by atomic mass is 19.1. The number of aromatic nitrogens is 3. The minimum Gasteiger partial charge on any atom is -0.358 e. The quantitative estimate of drug-likeness (QED) is 0.334. The molecule has 1 fully saturated rings. The van der Waals surface area contributed by atoms with Crippen molar-refractivity contribution < 1.29 is 4.39 Å². The number of imidazole rings is 1. The van der Waals surface area contributed by atoms with Gasteiger partial charge in [0.15, 0.2) is 0 Å². The van der Waals surface area contributed by atoms with Crippen LogP contribution in [0.15, 0.2) is 83.8 Å². The van der Waals surface area contributed by atoms with Gasteiger partial charge in [-0.05, 0) is 79.9 Å². The van der Waals surface area contributed by atoms with Gasteiger partial charge in [-0.1, -0.05) is 0 Å². The minimum atomic E-state index is -0.747. The second-order valence-electron chi connectivity index (χ2n) is 8.88.